The second-order valence-electron chi connectivity index (χ2n) is 7.98. The van der Waals surface area contributed by atoms with Crippen LogP contribution in [0.3, 0.4) is 0 Å². The molecule has 0 unspecified atom stereocenters. The molecular weight excluding hydrogens is 435 g/mol. The van der Waals surface area contributed by atoms with Gasteiger partial charge in [0.15, 0.2) is 0 Å². The van der Waals surface area contributed by atoms with E-state index in [-0.39, 0.29) is 11.6 Å². The summed E-state index contributed by atoms with van der Waals surface area (Å²) >= 11 is 0. The van der Waals surface area contributed by atoms with Crippen LogP contribution in [0, 0.1) is 22.7 Å². The van der Waals surface area contributed by atoms with Crippen molar-refractivity contribution in [2.75, 3.05) is 37.5 Å². The smallest absolute Gasteiger partial charge is 0.229 e. The lowest BCUT2D eigenvalue weighted by molar-refractivity contribution is 0.397. The van der Waals surface area contributed by atoms with Crippen LogP contribution in [0.5, 0.6) is 5.88 Å². The minimum absolute atomic E-state index is 0.0507. The van der Waals surface area contributed by atoms with E-state index >= 15 is 0 Å². The lowest BCUT2D eigenvalue weighted by Gasteiger charge is -2.31. The minimum Gasteiger partial charge on any atom is -0.480 e. The Morgan fingerprint density at radius 3 is 2.56 bits per heavy atom. The molecule has 1 saturated heterocycles. The van der Waals surface area contributed by atoms with Crippen molar-refractivity contribution in [2.24, 2.45) is 10.8 Å². The van der Waals surface area contributed by atoms with Crippen molar-refractivity contribution in [2.45, 2.75) is 18.9 Å². The van der Waals surface area contributed by atoms with E-state index in [2.05, 4.69) is 15.4 Å². The number of hydrogen-bond donors (Lipinski definition) is 3. The highest BCUT2D eigenvalue weighted by Crippen LogP contribution is 2.41. The van der Waals surface area contributed by atoms with Crippen LogP contribution in [0.15, 0.2) is 41.5 Å². The Hall–Kier alpha value is -4.10. The maximum atomic E-state index is 14.6. The van der Waals surface area contributed by atoms with E-state index in [1.807, 2.05) is 17.0 Å². The summed E-state index contributed by atoms with van der Waals surface area (Å²) < 4.78 is 20.3. The topological polar surface area (TPSA) is 136 Å². The molecule has 0 aliphatic carbocycles. The lowest BCUT2D eigenvalue weighted by Crippen LogP contribution is -2.40. The summed E-state index contributed by atoms with van der Waals surface area (Å²) in [4.78, 5) is 11.5. The van der Waals surface area contributed by atoms with Crippen molar-refractivity contribution in [1.82, 2.24) is 9.97 Å². The summed E-state index contributed by atoms with van der Waals surface area (Å²) in [6.45, 7) is 1.40. The molecule has 10 heteroatoms. The molecule has 1 fully saturated rings. The molecule has 0 amide bonds. The van der Waals surface area contributed by atoms with Crippen molar-refractivity contribution in [3.05, 3.63) is 47.8 Å². The second-order valence-corrected chi connectivity index (χ2v) is 7.98. The lowest BCUT2D eigenvalue weighted by atomic mass is 9.98. The summed E-state index contributed by atoms with van der Waals surface area (Å²) in [7, 11) is 3.26. The number of piperidine rings is 1. The van der Waals surface area contributed by atoms with E-state index < -0.39 is 5.82 Å². The molecule has 0 bridgehead atoms. The molecule has 2 aromatic carbocycles. The third-order valence-corrected chi connectivity index (χ3v) is 5.92. The maximum absolute atomic E-state index is 14.6. The van der Waals surface area contributed by atoms with Crippen LogP contribution in [-0.4, -0.2) is 43.3 Å². The van der Waals surface area contributed by atoms with Crippen LogP contribution in [0.4, 0.5) is 21.7 Å². The number of hydrogen-bond acceptors (Lipinski definition) is 9. The number of methoxy groups -OCH3 is 1. The van der Waals surface area contributed by atoms with E-state index in [1.54, 1.807) is 25.2 Å². The molecule has 4 rings (SSSR count). The maximum Gasteiger partial charge on any atom is 0.229 e. The number of nitrogens with zero attached hydrogens (tertiary/aromatic N) is 5. The number of nitrogens with one attached hydrogen (secondary N) is 2. The number of aromatic nitrogens is 2. The molecule has 4 N–H and O–H groups in total. The highest BCUT2D eigenvalue weighted by Gasteiger charge is 2.25. The van der Waals surface area contributed by atoms with Crippen LogP contribution < -0.4 is 20.7 Å². The van der Waals surface area contributed by atoms with E-state index in [9.17, 15) is 4.39 Å². The first kappa shape index (κ1) is 23.1. The van der Waals surface area contributed by atoms with Crippen molar-refractivity contribution < 1.29 is 9.13 Å². The molecule has 1 aliphatic rings. The standard InChI is InChI=1S/C24H25FN8O/c1-29-19-6-5-14(12-20(19)32-28)21-22(15-3-4-16(13-26)18(25)11-15)30-24(31-23(21)34-2)33-9-7-17(27)8-10-33/h3-6,11-12,17,28-29H,7-10,27H2,1-2H3. The van der Waals surface area contributed by atoms with Crippen LogP contribution >= 0.6 is 0 Å². The zero-order valence-corrected chi connectivity index (χ0v) is 19.0. The molecule has 1 aliphatic heterocycles. The van der Waals surface area contributed by atoms with Gasteiger partial charge < -0.3 is 20.7 Å². The fourth-order valence-corrected chi connectivity index (χ4v) is 4.03. The van der Waals surface area contributed by atoms with Crippen molar-refractivity contribution in [3.63, 3.8) is 0 Å². The molecule has 1 aromatic heterocycles. The molecule has 2 heterocycles. The third kappa shape index (κ3) is 4.38. The first-order valence-corrected chi connectivity index (χ1v) is 10.8. The fraction of sp³-hybridized carbons (Fsp3) is 0.292. The van der Waals surface area contributed by atoms with Crippen LogP contribution in [0.2, 0.25) is 0 Å². The molecule has 0 atom stereocenters. The van der Waals surface area contributed by atoms with Gasteiger partial charge in [-0.1, -0.05) is 12.1 Å². The Balaban J connectivity index is 1.95. The number of anilines is 2. The third-order valence-electron chi connectivity index (χ3n) is 5.92. The Morgan fingerprint density at radius 1 is 1.21 bits per heavy atom. The number of benzene rings is 2. The Morgan fingerprint density at radius 2 is 1.94 bits per heavy atom. The number of nitrogens with two attached hydrogens (primary N) is 1. The van der Waals surface area contributed by atoms with Gasteiger partial charge in [-0.05, 0) is 42.7 Å². The normalized spacial score (nSPS) is 13.9. The van der Waals surface area contributed by atoms with Gasteiger partial charge in [0.25, 0.3) is 0 Å². The molecule has 0 spiro atoms. The average molecular weight is 461 g/mol. The van der Waals surface area contributed by atoms with E-state index in [4.69, 9.17) is 26.2 Å². The van der Waals surface area contributed by atoms with Gasteiger partial charge >= 0.3 is 0 Å². The molecule has 9 nitrogen and oxygen atoms in total. The zero-order valence-electron chi connectivity index (χ0n) is 19.0. The van der Waals surface area contributed by atoms with Crippen molar-refractivity contribution >= 4 is 17.3 Å². The Labute approximate surface area is 196 Å². The zero-order chi connectivity index (χ0) is 24.2. The molecular formula is C24H25FN8O. The predicted octanol–water partition coefficient (Wildman–Crippen LogP) is 4.46. The van der Waals surface area contributed by atoms with Gasteiger partial charge in [-0.3, -0.25) is 0 Å². The largest absolute Gasteiger partial charge is 0.480 e. The van der Waals surface area contributed by atoms with Gasteiger partial charge in [0.1, 0.15) is 17.6 Å². The highest BCUT2D eigenvalue weighted by atomic mass is 19.1. The molecule has 0 radical (unpaired) electrons. The summed E-state index contributed by atoms with van der Waals surface area (Å²) in [5.41, 5.74) is 16.8. The Kier molecular flexibility index (Phi) is 6.65. The first-order chi connectivity index (χ1) is 16.5. The highest BCUT2D eigenvalue weighted by molar-refractivity contribution is 5.87. The molecule has 3 aromatic rings. The minimum atomic E-state index is -0.638. The van der Waals surface area contributed by atoms with Crippen molar-refractivity contribution in [3.8, 4) is 34.3 Å². The van der Waals surface area contributed by atoms with E-state index in [1.165, 1.54) is 19.2 Å². The quantitative estimate of drug-likeness (QED) is 0.462. The average Bonchev–Trinajstić information content (AvgIpc) is 2.87. The SMILES string of the molecule is CNc1ccc(-c2c(OC)nc(N3CCC(N)CC3)nc2-c2ccc(C#N)c(F)c2)cc1N=N. The van der Waals surface area contributed by atoms with E-state index in [0.717, 1.165) is 12.8 Å². The van der Waals surface area contributed by atoms with Gasteiger partial charge in [0.2, 0.25) is 11.8 Å². The second kappa shape index (κ2) is 9.80. The van der Waals surface area contributed by atoms with Crippen LogP contribution in [-0.2, 0) is 0 Å². The van der Waals surface area contributed by atoms with E-state index in [0.29, 0.717) is 58.7 Å². The summed E-state index contributed by atoms with van der Waals surface area (Å²) in [5, 5.41) is 15.8. The summed E-state index contributed by atoms with van der Waals surface area (Å²) in [5.74, 6) is 0.138. The summed E-state index contributed by atoms with van der Waals surface area (Å²) in [6, 6.07) is 11.7. The van der Waals surface area contributed by atoms with Gasteiger partial charge in [0.05, 0.1) is 29.6 Å². The summed E-state index contributed by atoms with van der Waals surface area (Å²) in [6.07, 6.45) is 1.63. The number of ether oxygens (including phenoxy) is 1. The monoisotopic (exact) mass is 460 g/mol. The number of halogens is 1. The fourth-order valence-electron chi connectivity index (χ4n) is 4.03. The van der Waals surface area contributed by atoms with Gasteiger partial charge in [-0.2, -0.15) is 15.4 Å². The Bertz CT molecular complexity index is 1260. The first-order valence-electron chi connectivity index (χ1n) is 10.8. The van der Waals surface area contributed by atoms with Crippen LogP contribution in [0.1, 0.15) is 18.4 Å². The molecule has 174 valence electrons. The molecule has 34 heavy (non-hydrogen) atoms. The number of rotatable bonds is 6. The van der Waals surface area contributed by atoms with Crippen molar-refractivity contribution in [1.29, 1.82) is 10.8 Å². The van der Waals surface area contributed by atoms with Gasteiger partial charge in [-0.25, -0.2) is 14.9 Å². The van der Waals surface area contributed by atoms with Gasteiger partial charge in [0, 0.05) is 31.7 Å². The predicted molar refractivity (Wildman–Crippen MR) is 128 cm³/mol. The van der Waals surface area contributed by atoms with Crippen LogP contribution in [0.25, 0.3) is 22.4 Å². The molecule has 0 saturated carbocycles. The number of nitriles is 1. The van der Waals surface area contributed by atoms with Gasteiger partial charge in [-0.15, -0.1) is 0 Å².